The molecular weight excluding hydrogens is 338 g/mol. The Morgan fingerprint density at radius 2 is 2.00 bits per heavy atom. The average molecular weight is 353 g/mol. The summed E-state index contributed by atoms with van der Waals surface area (Å²) in [5, 5.41) is 17.2. The van der Waals surface area contributed by atoms with Gasteiger partial charge in [0.1, 0.15) is 6.07 Å². The lowest BCUT2D eigenvalue weighted by Gasteiger charge is -2.04. The van der Waals surface area contributed by atoms with Gasteiger partial charge < -0.3 is 4.98 Å². The predicted molar refractivity (Wildman–Crippen MR) is 105 cm³/mol. The van der Waals surface area contributed by atoms with E-state index in [4.69, 9.17) is 0 Å². The maximum Gasteiger partial charge on any atom is 0.259 e. The summed E-state index contributed by atoms with van der Waals surface area (Å²) in [4.78, 5) is 19.5. The van der Waals surface area contributed by atoms with E-state index in [1.54, 1.807) is 18.3 Å². The van der Waals surface area contributed by atoms with Crippen LogP contribution in [0.2, 0.25) is 0 Å². The lowest BCUT2D eigenvalue weighted by Crippen LogP contribution is -2.11. The van der Waals surface area contributed by atoms with Crippen molar-refractivity contribution in [1.29, 1.82) is 5.26 Å². The zero-order valence-electron chi connectivity index (χ0n) is 14.5. The van der Waals surface area contributed by atoms with Crippen LogP contribution in [0.5, 0.6) is 0 Å². The van der Waals surface area contributed by atoms with Crippen LogP contribution in [0.4, 0.5) is 0 Å². The Labute approximate surface area is 154 Å². The van der Waals surface area contributed by atoms with E-state index < -0.39 is 0 Å². The van der Waals surface area contributed by atoms with E-state index in [0.717, 1.165) is 22.4 Å². The van der Waals surface area contributed by atoms with E-state index in [9.17, 15) is 10.1 Å². The quantitative estimate of drug-likeness (QED) is 0.549. The van der Waals surface area contributed by atoms with Crippen molar-refractivity contribution in [2.45, 2.75) is 6.92 Å². The number of H-pyrrole nitrogens is 2. The van der Waals surface area contributed by atoms with Crippen LogP contribution >= 0.6 is 0 Å². The van der Waals surface area contributed by atoms with E-state index in [1.807, 2.05) is 49.4 Å². The van der Waals surface area contributed by atoms with E-state index in [1.165, 1.54) is 0 Å². The molecule has 0 saturated heterocycles. The lowest BCUT2D eigenvalue weighted by molar-refractivity contribution is 1.10. The molecule has 0 radical (unpaired) electrons. The molecule has 2 N–H and O–H groups in total. The molecule has 0 atom stereocenters. The van der Waals surface area contributed by atoms with Gasteiger partial charge in [0, 0.05) is 11.1 Å². The van der Waals surface area contributed by atoms with E-state index in [0.29, 0.717) is 10.9 Å². The summed E-state index contributed by atoms with van der Waals surface area (Å²) in [6, 6.07) is 17.3. The second kappa shape index (κ2) is 6.73. The predicted octanol–water partition coefficient (Wildman–Crippen LogP) is 3.69. The number of benzene rings is 2. The van der Waals surface area contributed by atoms with Crippen LogP contribution in [0, 0.1) is 18.3 Å². The van der Waals surface area contributed by atoms with Crippen LogP contribution < -0.4 is 5.56 Å². The van der Waals surface area contributed by atoms with Crippen molar-refractivity contribution in [2.75, 3.05) is 0 Å². The largest absolute Gasteiger partial charge is 0.305 e. The first-order chi connectivity index (χ1) is 13.2. The standard InChI is InChI=1S/C21H15N5O/c1-13-7-8-17-18(9-13)24-20(25-21(17)27)15(11-22)10-16-12-23-26-19(16)14-5-3-2-4-6-14/h2-10,12H,1H3,(H,23,26)(H,24,25,27)/b15-10+. The zero-order chi connectivity index (χ0) is 18.8. The summed E-state index contributed by atoms with van der Waals surface area (Å²) < 4.78 is 0. The van der Waals surface area contributed by atoms with Gasteiger partial charge in [-0.05, 0) is 30.7 Å². The van der Waals surface area contributed by atoms with Crippen LogP contribution in [0.25, 0.3) is 33.8 Å². The summed E-state index contributed by atoms with van der Waals surface area (Å²) in [6.07, 6.45) is 3.31. The highest BCUT2D eigenvalue weighted by Crippen LogP contribution is 2.24. The van der Waals surface area contributed by atoms with Gasteiger partial charge in [0.05, 0.1) is 28.4 Å². The molecule has 6 heteroatoms. The number of aromatic nitrogens is 4. The molecule has 4 aromatic rings. The van der Waals surface area contributed by atoms with Crippen LogP contribution in [0.1, 0.15) is 17.0 Å². The Bertz CT molecular complexity index is 1260. The normalized spacial score (nSPS) is 11.5. The van der Waals surface area contributed by atoms with Crippen molar-refractivity contribution in [1.82, 2.24) is 20.2 Å². The van der Waals surface area contributed by atoms with Crippen molar-refractivity contribution >= 4 is 22.6 Å². The molecule has 2 heterocycles. The van der Waals surface area contributed by atoms with Crippen LogP contribution in [-0.2, 0) is 0 Å². The molecule has 0 aliphatic carbocycles. The maximum absolute atomic E-state index is 12.4. The number of aryl methyl sites for hydroxylation is 1. The average Bonchev–Trinajstić information content (AvgIpc) is 3.14. The number of rotatable bonds is 3. The monoisotopic (exact) mass is 353 g/mol. The highest BCUT2D eigenvalue weighted by atomic mass is 16.1. The summed E-state index contributed by atoms with van der Waals surface area (Å²) in [6.45, 7) is 1.93. The van der Waals surface area contributed by atoms with Gasteiger partial charge in [-0.3, -0.25) is 9.89 Å². The van der Waals surface area contributed by atoms with Crippen molar-refractivity contribution in [2.24, 2.45) is 0 Å². The number of allylic oxidation sites excluding steroid dienone is 1. The summed E-state index contributed by atoms with van der Waals surface area (Å²) in [5.41, 5.74) is 4.03. The summed E-state index contributed by atoms with van der Waals surface area (Å²) >= 11 is 0. The van der Waals surface area contributed by atoms with E-state index in [2.05, 4.69) is 26.2 Å². The molecule has 0 fully saturated rings. The molecular formula is C21H15N5O. The van der Waals surface area contributed by atoms with Crippen molar-refractivity contribution in [3.63, 3.8) is 0 Å². The summed E-state index contributed by atoms with van der Waals surface area (Å²) in [7, 11) is 0. The number of aromatic amines is 2. The molecule has 27 heavy (non-hydrogen) atoms. The zero-order valence-corrected chi connectivity index (χ0v) is 14.5. The molecule has 0 aliphatic rings. The lowest BCUT2D eigenvalue weighted by atomic mass is 10.1. The second-order valence-corrected chi connectivity index (χ2v) is 6.17. The number of nitrogens with zero attached hydrogens (tertiary/aromatic N) is 3. The highest BCUT2D eigenvalue weighted by Gasteiger charge is 2.11. The molecule has 2 aromatic carbocycles. The first-order valence-electron chi connectivity index (χ1n) is 8.37. The Morgan fingerprint density at radius 3 is 2.78 bits per heavy atom. The molecule has 0 unspecified atom stereocenters. The molecule has 0 amide bonds. The first-order valence-corrected chi connectivity index (χ1v) is 8.37. The fourth-order valence-electron chi connectivity index (χ4n) is 2.93. The van der Waals surface area contributed by atoms with Gasteiger partial charge in [-0.25, -0.2) is 4.98 Å². The number of hydrogen-bond donors (Lipinski definition) is 2. The van der Waals surface area contributed by atoms with Gasteiger partial charge in [-0.1, -0.05) is 36.4 Å². The van der Waals surface area contributed by atoms with Gasteiger partial charge in [0.2, 0.25) is 0 Å². The molecule has 0 bridgehead atoms. The Morgan fingerprint density at radius 1 is 1.19 bits per heavy atom. The smallest absolute Gasteiger partial charge is 0.259 e. The van der Waals surface area contributed by atoms with Gasteiger partial charge >= 0.3 is 0 Å². The Hall–Kier alpha value is -3.98. The van der Waals surface area contributed by atoms with Crippen LogP contribution in [0.3, 0.4) is 0 Å². The van der Waals surface area contributed by atoms with Crippen LogP contribution in [-0.4, -0.2) is 20.2 Å². The molecule has 0 saturated carbocycles. The maximum atomic E-state index is 12.4. The highest BCUT2D eigenvalue weighted by molar-refractivity contribution is 5.91. The first kappa shape index (κ1) is 16.5. The topological polar surface area (TPSA) is 98.2 Å². The molecule has 0 spiro atoms. The second-order valence-electron chi connectivity index (χ2n) is 6.17. The SMILES string of the molecule is Cc1ccc2c(=O)[nH]c(/C(C#N)=C/c3cn[nH]c3-c3ccccc3)nc2c1. The van der Waals surface area contributed by atoms with Gasteiger partial charge in [0.25, 0.3) is 5.56 Å². The van der Waals surface area contributed by atoms with Crippen molar-refractivity contribution in [3.8, 4) is 17.3 Å². The van der Waals surface area contributed by atoms with Crippen molar-refractivity contribution in [3.05, 3.63) is 82.0 Å². The third kappa shape index (κ3) is 3.14. The Balaban J connectivity index is 1.85. The fraction of sp³-hybridized carbons (Fsp3) is 0.0476. The Kier molecular flexibility index (Phi) is 4.11. The minimum Gasteiger partial charge on any atom is -0.305 e. The van der Waals surface area contributed by atoms with Gasteiger partial charge in [-0.2, -0.15) is 10.4 Å². The molecule has 4 rings (SSSR count). The number of hydrogen-bond acceptors (Lipinski definition) is 4. The van der Waals surface area contributed by atoms with Gasteiger partial charge in [0.15, 0.2) is 5.82 Å². The third-order valence-corrected chi connectivity index (χ3v) is 4.27. The molecule has 130 valence electrons. The number of nitrogens with one attached hydrogen (secondary N) is 2. The summed E-state index contributed by atoms with van der Waals surface area (Å²) in [5.74, 6) is 0.237. The molecule has 0 aliphatic heterocycles. The van der Waals surface area contributed by atoms with Gasteiger partial charge in [-0.15, -0.1) is 0 Å². The molecule has 2 aromatic heterocycles. The minimum atomic E-state index is -0.272. The van der Waals surface area contributed by atoms with Crippen molar-refractivity contribution < 1.29 is 0 Å². The third-order valence-electron chi connectivity index (χ3n) is 4.27. The molecule has 6 nitrogen and oxygen atoms in total. The number of nitriles is 1. The minimum absolute atomic E-state index is 0.237. The van der Waals surface area contributed by atoms with E-state index in [-0.39, 0.29) is 17.0 Å². The van der Waals surface area contributed by atoms with E-state index >= 15 is 0 Å². The van der Waals surface area contributed by atoms with Crippen LogP contribution in [0.15, 0.2) is 59.5 Å². The fourth-order valence-corrected chi connectivity index (χ4v) is 2.93. The number of fused-ring (bicyclic) bond motifs is 1.